The second-order valence-corrected chi connectivity index (χ2v) is 4.79. The summed E-state index contributed by atoms with van der Waals surface area (Å²) in [6.45, 7) is 2.27. The molecular formula is C11H18N2OS. The summed E-state index contributed by atoms with van der Waals surface area (Å²) in [5, 5.41) is 9.24. The topological polar surface area (TPSA) is 41.0 Å². The standard InChI is InChI=1S/C11H18N2OS/c1-8(9-4-2-3-5-9)13-10(7-14)6-12-11(13)15/h6,8-9,14H,2-5,7H2,1H3,(H,12,15). The van der Waals surface area contributed by atoms with E-state index in [1.165, 1.54) is 25.7 Å². The van der Waals surface area contributed by atoms with Crippen LogP contribution in [0.2, 0.25) is 0 Å². The van der Waals surface area contributed by atoms with Crippen LogP contribution in [-0.4, -0.2) is 14.7 Å². The Kier molecular flexibility index (Phi) is 3.26. The molecule has 0 bridgehead atoms. The lowest BCUT2D eigenvalue weighted by molar-refractivity contribution is 0.256. The highest BCUT2D eigenvalue weighted by molar-refractivity contribution is 7.71. The molecule has 15 heavy (non-hydrogen) atoms. The lowest BCUT2D eigenvalue weighted by atomic mass is 9.99. The van der Waals surface area contributed by atoms with Crippen molar-refractivity contribution in [1.29, 1.82) is 0 Å². The van der Waals surface area contributed by atoms with Gasteiger partial charge < -0.3 is 14.7 Å². The van der Waals surface area contributed by atoms with Gasteiger partial charge >= 0.3 is 0 Å². The third-order valence-electron chi connectivity index (χ3n) is 3.54. The van der Waals surface area contributed by atoms with Crippen molar-refractivity contribution in [2.45, 2.75) is 45.3 Å². The van der Waals surface area contributed by atoms with Gasteiger partial charge in [-0.3, -0.25) is 0 Å². The number of H-pyrrole nitrogens is 1. The van der Waals surface area contributed by atoms with Gasteiger partial charge in [-0.25, -0.2) is 0 Å². The largest absolute Gasteiger partial charge is 0.390 e. The molecule has 0 aliphatic heterocycles. The number of hydrogen-bond acceptors (Lipinski definition) is 2. The molecule has 0 radical (unpaired) electrons. The number of aliphatic hydroxyl groups is 1. The Morgan fingerprint density at radius 2 is 2.27 bits per heavy atom. The molecule has 4 heteroatoms. The number of nitrogens with one attached hydrogen (secondary N) is 1. The van der Waals surface area contributed by atoms with Crippen molar-refractivity contribution < 1.29 is 5.11 Å². The Bertz CT molecular complexity index is 376. The van der Waals surface area contributed by atoms with Gasteiger partial charge in [-0.1, -0.05) is 12.8 Å². The Hall–Kier alpha value is -0.610. The third kappa shape index (κ3) is 2.01. The molecule has 1 aliphatic rings. The van der Waals surface area contributed by atoms with Crippen LogP contribution < -0.4 is 0 Å². The molecule has 2 rings (SSSR count). The van der Waals surface area contributed by atoms with E-state index >= 15 is 0 Å². The van der Waals surface area contributed by atoms with Gasteiger partial charge in [0.1, 0.15) is 0 Å². The van der Waals surface area contributed by atoms with Crippen molar-refractivity contribution in [3.8, 4) is 0 Å². The maximum absolute atomic E-state index is 9.24. The first-order valence-electron chi connectivity index (χ1n) is 5.63. The maximum atomic E-state index is 9.24. The molecule has 1 fully saturated rings. The van der Waals surface area contributed by atoms with Crippen LogP contribution in [0.1, 0.15) is 44.3 Å². The number of imidazole rings is 1. The summed E-state index contributed by atoms with van der Waals surface area (Å²) in [5.74, 6) is 0.720. The highest BCUT2D eigenvalue weighted by Gasteiger charge is 2.24. The number of aromatic nitrogens is 2. The summed E-state index contributed by atoms with van der Waals surface area (Å²) in [6.07, 6.45) is 7.06. The molecule has 1 atom stereocenters. The van der Waals surface area contributed by atoms with E-state index in [-0.39, 0.29) is 6.61 Å². The van der Waals surface area contributed by atoms with Crippen LogP contribution in [0.15, 0.2) is 6.20 Å². The third-order valence-corrected chi connectivity index (χ3v) is 3.86. The Morgan fingerprint density at radius 1 is 1.60 bits per heavy atom. The molecule has 1 unspecified atom stereocenters. The van der Waals surface area contributed by atoms with E-state index in [1.807, 2.05) is 6.20 Å². The quantitative estimate of drug-likeness (QED) is 0.778. The number of hydrogen-bond donors (Lipinski definition) is 2. The summed E-state index contributed by atoms with van der Waals surface area (Å²) < 4.78 is 2.81. The van der Waals surface area contributed by atoms with E-state index in [0.717, 1.165) is 16.4 Å². The smallest absolute Gasteiger partial charge is 0.177 e. The van der Waals surface area contributed by atoms with E-state index < -0.39 is 0 Å². The minimum atomic E-state index is 0.0597. The Labute approximate surface area is 95.1 Å². The summed E-state index contributed by atoms with van der Waals surface area (Å²) >= 11 is 5.25. The second-order valence-electron chi connectivity index (χ2n) is 4.40. The first kappa shape index (κ1) is 10.9. The molecule has 84 valence electrons. The van der Waals surface area contributed by atoms with Crippen molar-refractivity contribution in [2.75, 3.05) is 0 Å². The number of nitrogens with zero attached hydrogens (tertiary/aromatic N) is 1. The lowest BCUT2D eigenvalue weighted by Gasteiger charge is -2.22. The highest BCUT2D eigenvalue weighted by Crippen LogP contribution is 2.34. The number of aromatic amines is 1. The molecule has 2 N–H and O–H groups in total. The minimum absolute atomic E-state index is 0.0597. The van der Waals surface area contributed by atoms with E-state index in [1.54, 1.807) is 0 Å². The van der Waals surface area contributed by atoms with E-state index in [4.69, 9.17) is 12.2 Å². The highest BCUT2D eigenvalue weighted by atomic mass is 32.1. The van der Waals surface area contributed by atoms with Crippen LogP contribution in [0.3, 0.4) is 0 Å². The minimum Gasteiger partial charge on any atom is -0.390 e. The molecular weight excluding hydrogens is 208 g/mol. The summed E-state index contributed by atoms with van der Waals surface area (Å²) in [6, 6.07) is 0.411. The van der Waals surface area contributed by atoms with E-state index in [9.17, 15) is 5.11 Å². The molecule has 0 amide bonds. The SMILES string of the molecule is CC(C1CCCC1)n1c(CO)c[nH]c1=S. The number of rotatable bonds is 3. The second kappa shape index (κ2) is 4.49. The Morgan fingerprint density at radius 3 is 2.87 bits per heavy atom. The van der Waals surface area contributed by atoms with Crippen molar-refractivity contribution in [2.24, 2.45) is 5.92 Å². The Balaban J connectivity index is 2.26. The molecule has 0 aromatic carbocycles. The van der Waals surface area contributed by atoms with Crippen LogP contribution in [0.5, 0.6) is 0 Å². The molecule has 3 nitrogen and oxygen atoms in total. The summed E-state index contributed by atoms with van der Waals surface area (Å²) in [4.78, 5) is 3.01. The zero-order chi connectivity index (χ0) is 10.8. The van der Waals surface area contributed by atoms with Gasteiger partial charge in [-0.05, 0) is 37.9 Å². The first-order valence-corrected chi connectivity index (χ1v) is 6.04. The zero-order valence-corrected chi connectivity index (χ0v) is 9.89. The zero-order valence-electron chi connectivity index (χ0n) is 9.07. The van der Waals surface area contributed by atoms with Crippen LogP contribution in [0.4, 0.5) is 0 Å². The fraction of sp³-hybridized carbons (Fsp3) is 0.727. The molecule has 1 aliphatic carbocycles. The van der Waals surface area contributed by atoms with Crippen LogP contribution in [0.25, 0.3) is 0 Å². The molecule has 0 saturated heterocycles. The fourth-order valence-electron chi connectivity index (χ4n) is 2.63. The molecule has 1 heterocycles. The van der Waals surface area contributed by atoms with Crippen LogP contribution in [-0.2, 0) is 6.61 Å². The lowest BCUT2D eigenvalue weighted by Crippen LogP contribution is -2.16. The van der Waals surface area contributed by atoms with Gasteiger partial charge in [0.2, 0.25) is 0 Å². The molecule has 0 spiro atoms. The van der Waals surface area contributed by atoms with Crippen LogP contribution in [0, 0.1) is 10.7 Å². The molecule has 1 aromatic rings. The van der Waals surface area contributed by atoms with E-state index in [0.29, 0.717) is 6.04 Å². The predicted octanol–water partition coefficient (Wildman–Crippen LogP) is 2.79. The van der Waals surface area contributed by atoms with Gasteiger partial charge in [0.05, 0.1) is 12.3 Å². The van der Waals surface area contributed by atoms with Crippen LogP contribution >= 0.6 is 12.2 Å². The maximum Gasteiger partial charge on any atom is 0.177 e. The molecule has 1 saturated carbocycles. The average Bonchev–Trinajstić information content (AvgIpc) is 2.85. The van der Waals surface area contributed by atoms with E-state index in [2.05, 4.69) is 16.5 Å². The summed E-state index contributed by atoms with van der Waals surface area (Å²) in [5.41, 5.74) is 0.902. The van der Waals surface area contributed by atoms with Gasteiger partial charge in [0.15, 0.2) is 4.77 Å². The van der Waals surface area contributed by atoms with Crippen molar-refractivity contribution in [3.63, 3.8) is 0 Å². The van der Waals surface area contributed by atoms with Gasteiger partial charge in [-0.2, -0.15) is 0 Å². The summed E-state index contributed by atoms with van der Waals surface area (Å²) in [7, 11) is 0. The fourth-order valence-corrected chi connectivity index (χ4v) is 2.98. The normalized spacial score (nSPS) is 19.6. The first-order chi connectivity index (χ1) is 7.24. The van der Waals surface area contributed by atoms with Gasteiger partial charge in [0, 0.05) is 12.2 Å². The van der Waals surface area contributed by atoms with Crippen molar-refractivity contribution >= 4 is 12.2 Å². The number of aliphatic hydroxyl groups excluding tert-OH is 1. The predicted molar refractivity (Wildman–Crippen MR) is 62.2 cm³/mol. The monoisotopic (exact) mass is 226 g/mol. The van der Waals surface area contributed by atoms with Crippen molar-refractivity contribution in [3.05, 3.63) is 16.7 Å². The van der Waals surface area contributed by atoms with Gasteiger partial charge in [0.25, 0.3) is 0 Å². The van der Waals surface area contributed by atoms with Gasteiger partial charge in [-0.15, -0.1) is 0 Å². The van der Waals surface area contributed by atoms with Crippen molar-refractivity contribution in [1.82, 2.24) is 9.55 Å². The molecule has 1 aromatic heterocycles. The average molecular weight is 226 g/mol.